The smallest absolute Gasteiger partial charge is 0.222 e. The minimum Gasteiger partial charge on any atom is -0.353 e. The van der Waals surface area contributed by atoms with E-state index in [-0.39, 0.29) is 29.9 Å². The number of halogens is 1. The number of likely N-dealkylation sites (tertiary alicyclic amines) is 1. The third kappa shape index (κ3) is 5.33. The predicted octanol–water partition coefficient (Wildman–Crippen LogP) is 2.73. The normalized spacial score (nSPS) is 25.3. The second kappa shape index (κ2) is 9.40. The van der Waals surface area contributed by atoms with E-state index in [1.165, 1.54) is 5.56 Å². The van der Waals surface area contributed by atoms with Crippen LogP contribution in [0.1, 0.15) is 44.6 Å². The van der Waals surface area contributed by atoms with E-state index in [0.29, 0.717) is 24.4 Å². The van der Waals surface area contributed by atoms with Crippen LogP contribution in [0.15, 0.2) is 35.3 Å². The van der Waals surface area contributed by atoms with Crippen molar-refractivity contribution >= 4 is 35.8 Å². The number of aliphatic imine (C=N–C) groups is 1. The Morgan fingerprint density at radius 1 is 1.24 bits per heavy atom. The lowest BCUT2D eigenvalue weighted by Crippen LogP contribution is -2.46. The molecule has 3 unspecified atom stereocenters. The van der Waals surface area contributed by atoms with Crippen molar-refractivity contribution in [3.8, 4) is 0 Å². The summed E-state index contributed by atoms with van der Waals surface area (Å²) in [5.74, 6) is 1.71. The molecule has 2 N–H and O–H groups in total. The fourth-order valence-electron chi connectivity index (χ4n) is 3.41. The number of hydrogen-bond donors (Lipinski definition) is 2. The SMILES string of the molecule is CCN=C(NC1CCN(C(=O)CC)C1)NC1CC1c1ccccc1.I. The Balaban J connectivity index is 0.00000225. The molecule has 138 valence electrons. The molecule has 1 aliphatic heterocycles. The molecule has 0 bridgehead atoms. The molecule has 5 nitrogen and oxygen atoms in total. The Bertz CT molecular complexity index is 592. The van der Waals surface area contributed by atoms with Crippen LogP contribution >= 0.6 is 24.0 Å². The molecule has 1 aromatic rings. The molecular weight excluding hydrogens is 427 g/mol. The van der Waals surface area contributed by atoms with Gasteiger partial charge in [-0.1, -0.05) is 37.3 Å². The number of hydrogen-bond acceptors (Lipinski definition) is 2. The number of rotatable bonds is 5. The first-order valence-electron chi connectivity index (χ1n) is 9.11. The van der Waals surface area contributed by atoms with E-state index in [2.05, 4.69) is 46.0 Å². The number of nitrogens with zero attached hydrogens (tertiary/aromatic N) is 2. The van der Waals surface area contributed by atoms with E-state index in [1.54, 1.807) is 0 Å². The zero-order valence-corrected chi connectivity index (χ0v) is 17.4. The third-order valence-electron chi connectivity index (χ3n) is 4.84. The standard InChI is InChI=1S/C19H28N4O.HI/c1-3-18(24)23-11-10-15(13-23)21-19(20-4-2)22-17-12-16(17)14-8-6-5-7-9-14;/h5-9,15-17H,3-4,10-13H2,1-2H3,(H2,20,21,22);1H. The van der Waals surface area contributed by atoms with Crippen LogP contribution in [0, 0.1) is 0 Å². The van der Waals surface area contributed by atoms with E-state index in [1.807, 2.05) is 18.7 Å². The maximum Gasteiger partial charge on any atom is 0.222 e. The molecule has 2 fully saturated rings. The van der Waals surface area contributed by atoms with E-state index in [9.17, 15) is 4.79 Å². The highest BCUT2D eigenvalue weighted by Gasteiger charge is 2.39. The molecule has 1 amide bonds. The van der Waals surface area contributed by atoms with Gasteiger partial charge in [-0.2, -0.15) is 0 Å². The van der Waals surface area contributed by atoms with Crippen LogP contribution in [0.3, 0.4) is 0 Å². The van der Waals surface area contributed by atoms with Gasteiger partial charge in [-0.15, -0.1) is 24.0 Å². The molecule has 1 aliphatic carbocycles. The molecule has 25 heavy (non-hydrogen) atoms. The van der Waals surface area contributed by atoms with E-state index < -0.39 is 0 Å². The Labute approximate surface area is 167 Å². The van der Waals surface area contributed by atoms with Gasteiger partial charge in [0.15, 0.2) is 5.96 Å². The van der Waals surface area contributed by atoms with Gasteiger partial charge >= 0.3 is 0 Å². The van der Waals surface area contributed by atoms with Gasteiger partial charge in [-0.3, -0.25) is 9.79 Å². The molecule has 3 atom stereocenters. The molecule has 1 heterocycles. The van der Waals surface area contributed by atoms with E-state index >= 15 is 0 Å². The maximum atomic E-state index is 11.8. The van der Waals surface area contributed by atoms with Crippen molar-refractivity contribution in [3.05, 3.63) is 35.9 Å². The fraction of sp³-hybridized carbons (Fsp3) is 0.579. The molecule has 1 aromatic carbocycles. The molecule has 0 aromatic heterocycles. The molecule has 1 saturated heterocycles. The van der Waals surface area contributed by atoms with E-state index in [0.717, 1.165) is 38.4 Å². The summed E-state index contributed by atoms with van der Waals surface area (Å²) in [4.78, 5) is 18.3. The van der Waals surface area contributed by atoms with Crippen LogP contribution < -0.4 is 10.6 Å². The Hall–Kier alpha value is -1.31. The van der Waals surface area contributed by atoms with Crippen molar-refractivity contribution < 1.29 is 4.79 Å². The Morgan fingerprint density at radius 2 is 2.00 bits per heavy atom. The first kappa shape index (κ1) is 20.0. The first-order valence-corrected chi connectivity index (χ1v) is 9.11. The zero-order valence-electron chi connectivity index (χ0n) is 15.1. The zero-order chi connectivity index (χ0) is 16.9. The molecule has 1 saturated carbocycles. The highest BCUT2D eigenvalue weighted by Crippen LogP contribution is 2.40. The van der Waals surface area contributed by atoms with Gasteiger partial charge in [0, 0.05) is 44.1 Å². The third-order valence-corrected chi connectivity index (χ3v) is 4.84. The molecule has 0 radical (unpaired) electrons. The second-order valence-electron chi connectivity index (χ2n) is 6.65. The predicted molar refractivity (Wildman–Crippen MR) is 113 cm³/mol. The van der Waals surface area contributed by atoms with Gasteiger partial charge in [0.2, 0.25) is 5.91 Å². The quantitative estimate of drug-likeness (QED) is 0.407. The number of nitrogens with one attached hydrogen (secondary N) is 2. The van der Waals surface area contributed by atoms with Crippen molar-refractivity contribution in [2.45, 2.75) is 51.1 Å². The summed E-state index contributed by atoms with van der Waals surface area (Å²) < 4.78 is 0. The summed E-state index contributed by atoms with van der Waals surface area (Å²) in [7, 11) is 0. The van der Waals surface area contributed by atoms with Crippen molar-refractivity contribution in [3.63, 3.8) is 0 Å². The van der Waals surface area contributed by atoms with Gasteiger partial charge in [0.05, 0.1) is 0 Å². The van der Waals surface area contributed by atoms with Crippen molar-refractivity contribution in [1.82, 2.24) is 15.5 Å². The lowest BCUT2D eigenvalue weighted by atomic mass is 10.1. The minimum atomic E-state index is 0. The summed E-state index contributed by atoms with van der Waals surface area (Å²) >= 11 is 0. The average molecular weight is 456 g/mol. The Morgan fingerprint density at radius 3 is 2.68 bits per heavy atom. The maximum absolute atomic E-state index is 11.8. The summed E-state index contributed by atoms with van der Waals surface area (Å²) in [5, 5.41) is 7.07. The fourth-order valence-corrected chi connectivity index (χ4v) is 3.41. The van der Waals surface area contributed by atoms with Crippen molar-refractivity contribution in [1.29, 1.82) is 0 Å². The first-order chi connectivity index (χ1) is 11.7. The van der Waals surface area contributed by atoms with Crippen LogP contribution in [-0.4, -0.2) is 48.5 Å². The van der Waals surface area contributed by atoms with Crippen molar-refractivity contribution in [2.75, 3.05) is 19.6 Å². The number of carbonyl (C=O) groups excluding carboxylic acids is 1. The highest BCUT2D eigenvalue weighted by molar-refractivity contribution is 14.0. The largest absolute Gasteiger partial charge is 0.353 e. The average Bonchev–Trinajstić information content (AvgIpc) is 3.22. The minimum absolute atomic E-state index is 0. The van der Waals surface area contributed by atoms with Crippen LogP contribution in [0.5, 0.6) is 0 Å². The van der Waals surface area contributed by atoms with E-state index in [4.69, 9.17) is 0 Å². The molecule has 2 aliphatic rings. The molecule has 6 heteroatoms. The summed E-state index contributed by atoms with van der Waals surface area (Å²) in [5.41, 5.74) is 1.39. The summed E-state index contributed by atoms with van der Waals surface area (Å²) in [6, 6.07) is 11.4. The highest BCUT2D eigenvalue weighted by atomic mass is 127. The number of guanidine groups is 1. The number of carbonyl (C=O) groups is 1. The second-order valence-corrected chi connectivity index (χ2v) is 6.65. The lowest BCUT2D eigenvalue weighted by Gasteiger charge is -2.19. The summed E-state index contributed by atoms with van der Waals surface area (Å²) in [6.07, 6.45) is 2.73. The van der Waals surface area contributed by atoms with Crippen molar-refractivity contribution in [2.24, 2.45) is 4.99 Å². The van der Waals surface area contributed by atoms with Gasteiger partial charge in [-0.25, -0.2) is 0 Å². The topological polar surface area (TPSA) is 56.7 Å². The van der Waals surface area contributed by atoms with Crippen LogP contribution in [-0.2, 0) is 4.79 Å². The van der Waals surface area contributed by atoms with Crippen LogP contribution in [0.4, 0.5) is 0 Å². The van der Waals surface area contributed by atoms with Gasteiger partial charge in [0.1, 0.15) is 0 Å². The van der Waals surface area contributed by atoms with Gasteiger partial charge in [0.25, 0.3) is 0 Å². The molecular formula is C19H29IN4O. The van der Waals surface area contributed by atoms with Gasteiger partial charge in [-0.05, 0) is 25.3 Å². The Kier molecular flexibility index (Phi) is 7.53. The van der Waals surface area contributed by atoms with Gasteiger partial charge < -0.3 is 15.5 Å². The van der Waals surface area contributed by atoms with Crippen LogP contribution in [0.2, 0.25) is 0 Å². The van der Waals surface area contributed by atoms with Crippen LogP contribution in [0.25, 0.3) is 0 Å². The lowest BCUT2D eigenvalue weighted by molar-refractivity contribution is -0.129. The summed E-state index contributed by atoms with van der Waals surface area (Å²) in [6.45, 7) is 6.35. The molecule has 0 spiro atoms. The molecule has 3 rings (SSSR count). The monoisotopic (exact) mass is 456 g/mol. The number of amides is 1. The number of benzene rings is 1.